The first-order valence-electron chi connectivity index (χ1n) is 4.85. The first kappa shape index (κ1) is 10.7. The lowest BCUT2D eigenvalue weighted by Gasteiger charge is -2.02. The Kier molecular flexibility index (Phi) is 3.63. The van der Waals surface area contributed by atoms with Crippen molar-refractivity contribution in [1.82, 2.24) is 9.97 Å². The lowest BCUT2D eigenvalue weighted by molar-refractivity contribution is 0.860. The second-order valence-corrected chi connectivity index (χ2v) is 3.50. The van der Waals surface area contributed by atoms with Crippen LogP contribution in [-0.4, -0.2) is 9.97 Å². The third kappa shape index (κ3) is 2.83. The van der Waals surface area contributed by atoms with Crippen LogP contribution in [0.5, 0.6) is 0 Å². The van der Waals surface area contributed by atoms with Crippen molar-refractivity contribution in [2.45, 2.75) is 33.1 Å². The van der Waals surface area contributed by atoms with Gasteiger partial charge < -0.3 is 4.98 Å². The lowest BCUT2D eigenvalue weighted by Crippen LogP contribution is -2.15. The third-order valence-electron chi connectivity index (χ3n) is 2.04. The molecule has 3 heteroatoms. The van der Waals surface area contributed by atoms with E-state index in [1.807, 2.05) is 0 Å². The molecule has 0 spiro atoms. The van der Waals surface area contributed by atoms with E-state index in [9.17, 15) is 4.79 Å². The number of nitrogens with one attached hydrogen (secondary N) is 1. The molecule has 0 atom stereocenters. The van der Waals surface area contributed by atoms with Crippen LogP contribution in [-0.2, 0) is 6.42 Å². The summed E-state index contributed by atoms with van der Waals surface area (Å²) < 4.78 is 0. The Balaban J connectivity index is 2.77. The topological polar surface area (TPSA) is 45.8 Å². The van der Waals surface area contributed by atoms with Crippen LogP contribution in [0.1, 0.15) is 31.2 Å². The minimum atomic E-state index is -0.0465. The molecule has 14 heavy (non-hydrogen) atoms. The van der Waals surface area contributed by atoms with Crippen LogP contribution >= 0.6 is 0 Å². The van der Waals surface area contributed by atoms with E-state index in [1.54, 1.807) is 13.1 Å². The van der Waals surface area contributed by atoms with E-state index < -0.39 is 0 Å². The van der Waals surface area contributed by atoms with Crippen molar-refractivity contribution in [2.75, 3.05) is 0 Å². The first-order valence-corrected chi connectivity index (χ1v) is 4.85. The van der Waals surface area contributed by atoms with Gasteiger partial charge in [0.25, 0.3) is 5.56 Å². The van der Waals surface area contributed by atoms with E-state index in [1.165, 1.54) is 0 Å². The summed E-state index contributed by atoms with van der Waals surface area (Å²) in [7, 11) is 0. The molecule has 0 fully saturated rings. The number of rotatable bonds is 4. The van der Waals surface area contributed by atoms with E-state index in [0.717, 1.165) is 18.4 Å². The number of aryl methyl sites for hydroxylation is 1. The monoisotopic (exact) mass is 192 g/mol. The predicted octanol–water partition coefficient (Wildman–Crippen LogP) is 1.98. The number of aromatic amines is 1. The average molecular weight is 192 g/mol. The van der Waals surface area contributed by atoms with Gasteiger partial charge in [0.15, 0.2) is 0 Å². The van der Waals surface area contributed by atoms with E-state index in [2.05, 4.69) is 23.5 Å². The van der Waals surface area contributed by atoms with Gasteiger partial charge in [-0.05, 0) is 13.3 Å². The highest BCUT2D eigenvalue weighted by molar-refractivity contribution is 5.14. The summed E-state index contributed by atoms with van der Waals surface area (Å²) in [6, 6.07) is 0. The van der Waals surface area contributed by atoms with Gasteiger partial charge in [0, 0.05) is 18.2 Å². The minimum Gasteiger partial charge on any atom is -0.311 e. The molecule has 0 saturated carbocycles. The standard InChI is InChI=1S/C11H16N2O/c1-4-5-8(2)6-10-7-12-9(3)13-11(10)14/h7H,2,4-6H2,1,3H3,(H,12,13,14). The molecule has 0 radical (unpaired) electrons. The SMILES string of the molecule is C=C(CCC)Cc1cnc(C)[nH]c1=O. The van der Waals surface area contributed by atoms with Crippen molar-refractivity contribution in [3.05, 3.63) is 40.1 Å². The average Bonchev–Trinajstić information content (AvgIpc) is 2.10. The summed E-state index contributed by atoms with van der Waals surface area (Å²) >= 11 is 0. The summed E-state index contributed by atoms with van der Waals surface area (Å²) in [5.74, 6) is 0.653. The van der Waals surface area contributed by atoms with Gasteiger partial charge in [-0.25, -0.2) is 4.98 Å². The van der Waals surface area contributed by atoms with Crippen LogP contribution in [0.2, 0.25) is 0 Å². The van der Waals surface area contributed by atoms with Gasteiger partial charge in [-0.1, -0.05) is 25.5 Å². The summed E-state index contributed by atoms with van der Waals surface area (Å²) in [5, 5.41) is 0. The molecule has 3 nitrogen and oxygen atoms in total. The fourth-order valence-electron chi connectivity index (χ4n) is 1.35. The Labute approximate surface area is 83.9 Å². The molecule has 1 aromatic rings. The lowest BCUT2D eigenvalue weighted by atomic mass is 10.1. The molecule has 1 heterocycles. The Morgan fingerprint density at radius 1 is 1.64 bits per heavy atom. The molecule has 0 aliphatic heterocycles. The van der Waals surface area contributed by atoms with Crippen LogP contribution in [0.15, 0.2) is 23.1 Å². The zero-order chi connectivity index (χ0) is 10.6. The van der Waals surface area contributed by atoms with E-state index in [0.29, 0.717) is 17.8 Å². The summed E-state index contributed by atoms with van der Waals surface area (Å²) in [6.45, 7) is 7.79. The number of allylic oxidation sites excluding steroid dienone is 1. The molecule has 1 rings (SSSR count). The third-order valence-corrected chi connectivity index (χ3v) is 2.04. The van der Waals surface area contributed by atoms with Crippen LogP contribution in [0.3, 0.4) is 0 Å². The summed E-state index contributed by atoms with van der Waals surface area (Å²) in [6.07, 6.45) is 4.30. The zero-order valence-corrected chi connectivity index (χ0v) is 8.76. The molecule has 0 saturated heterocycles. The highest BCUT2D eigenvalue weighted by atomic mass is 16.1. The van der Waals surface area contributed by atoms with Crippen LogP contribution in [0.4, 0.5) is 0 Å². The number of H-pyrrole nitrogens is 1. The largest absolute Gasteiger partial charge is 0.311 e. The van der Waals surface area contributed by atoms with Crippen molar-refractivity contribution in [2.24, 2.45) is 0 Å². The number of nitrogens with zero attached hydrogens (tertiary/aromatic N) is 1. The molecule has 0 bridgehead atoms. The van der Waals surface area contributed by atoms with Gasteiger partial charge in [0.05, 0.1) is 0 Å². The van der Waals surface area contributed by atoms with Gasteiger partial charge in [-0.15, -0.1) is 0 Å². The van der Waals surface area contributed by atoms with Crippen molar-refractivity contribution < 1.29 is 0 Å². The van der Waals surface area contributed by atoms with Crippen molar-refractivity contribution in [3.63, 3.8) is 0 Å². The van der Waals surface area contributed by atoms with Gasteiger partial charge in [-0.2, -0.15) is 0 Å². The molecule has 0 aromatic carbocycles. The first-order chi connectivity index (χ1) is 6.63. The molecule has 0 aliphatic rings. The highest BCUT2D eigenvalue weighted by Gasteiger charge is 2.02. The van der Waals surface area contributed by atoms with Gasteiger partial charge in [0.1, 0.15) is 5.82 Å². The van der Waals surface area contributed by atoms with E-state index >= 15 is 0 Å². The second kappa shape index (κ2) is 4.74. The Bertz CT molecular complexity index is 379. The molecule has 76 valence electrons. The molecule has 1 aromatic heterocycles. The molecule has 0 amide bonds. The van der Waals surface area contributed by atoms with Crippen molar-refractivity contribution in [3.8, 4) is 0 Å². The maximum Gasteiger partial charge on any atom is 0.254 e. The van der Waals surface area contributed by atoms with Crippen LogP contribution in [0.25, 0.3) is 0 Å². The Morgan fingerprint density at radius 2 is 2.36 bits per heavy atom. The quantitative estimate of drug-likeness (QED) is 0.741. The second-order valence-electron chi connectivity index (χ2n) is 3.50. The van der Waals surface area contributed by atoms with E-state index in [4.69, 9.17) is 0 Å². The Morgan fingerprint density at radius 3 is 2.93 bits per heavy atom. The predicted molar refractivity (Wildman–Crippen MR) is 57.3 cm³/mol. The maximum atomic E-state index is 11.4. The summed E-state index contributed by atoms with van der Waals surface area (Å²) in [5.41, 5.74) is 1.74. The zero-order valence-electron chi connectivity index (χ0n) is 8.76. The fourth-order valence-corrected chi connectivity index (χ4v) is 1.35. The van der Waals surface area contributed by atoms with Crippen molar-refractivity contribution >= 4 is 0 Å². The van der Waals surface area contributed by atoms with Crippen LogP contribution < -0.4 is 5.56 Å². The van der Waals surface area contributed by atoms with Gasteiger partial charge in [-0.3, -0.25) is 4.79 Å². The highest BCUT2D eigenvalue weighted by Crippen LogP contribution is 2.07. The number of hydrogen-bond donors (Lipinski definition) is 1. The summed E-state index contributed by atoms with van der Waals surface area (Å²) in [4.78, 5) is 18.2. The van der Waals surface area contributed by atoms with Crippen molar-refractivity contribution in [1.29, 1.82) is 0 Å². The van der Waals surface area contributed by atoms with Crippen LogP contribution in [0, 0.1) is 6.92 Å². The molecule has 0 aliphatic carbocycles. The van der Waals surface area contributed by atoms with E-state index in [-0.39, 0.29) is 5.56 Å². The normalized spacial score (nSPS) is 10.1. The molecule has 1 N–H and O–H groups in total. The smallest absolute Gasteiger partial charge is 0.254 e. The number of aromatic nitrogens is 2. The van der Waals surface area contributed by atoms with Gasteiger partial charge >= 0.3 is 0 Å². The molecule has 0 unspecified atom stereocenters. The van der Waals surface area contributed by atoms with Gasteiger partial charge in [0.2, 0.25) is 0 Å². The molecular weight excluding hydrogens is 176 g/mol. The maximum absolute atomic E-state index is 11.4. The minimum absolute atomic E-state index is 0.0465. The Hall–Kier alpha value is -1.38. The fraction of sp³-hybridized carbons (Fsp3) is 0.455. The molecular formula is C11H16N2O. The number of hydrogen-bond acceptors (Lipinski definition) is 2.